The zero-order valence-electron chi connectivity index (χ0n) is 18.5. The molecule has 0 saturated carbocycles. The maximum absolute atomic E-state index is 13.2. The van der Waals surface area contributed by atoms with Gasteiger partial charge in [0.2, 0.25) is 0 Å². The second kappa shape index (κ2) is 9.20. The van der Waals surface area contributed by atoms with E-state index in [-0.39, 0.29) is 5.91 Å². The maximum Gasteiger partial charge on any atom is 0.264 e. The van der Waals surface area contributed by atoms with Gasteiger partial charge in [0.15, 0.2) is 0 Å². The molecule has 1 saturated heterocycles. The first-order valence-corrected chi connectivity index (χ1v) is 11.4. The first kappa shape index (κ1) is 21.5. The number of benzene rings is 1. The SMILES string of the molecule is COc1cccc(CCNc2ncnc3sc(C(=O)N4CCC(N(C)C)C4)c(C)c23)c1. The molecule has 31 heavy (non-hydrogen) atoms. The summed E-state index contributed by atoms with van der Waals surface area (Å²) in [6.45, 7) is 4.31. The van der Waals surface area contributed by atoms with Crippen molar-refractivity contribution in [3.63, 3.8) is 0 Å². The fourth-order valence-electron chi connectivity index (χ4n) is 4.05. The number of hydrogen-bond donors (Lipinski definition) is 1. The van der Waals surface area contributed by atoms with Crippen LogP contribution in [0.4, 0.5) is 5.82 Å². The van der Waals surface area contributed by atoms with Gasteiger partial charge in [0.25, 0.3) is 5.91 Å². The lowest BCUT2D eigenvalue weighted by Crippen LogP contribution is -2.34. The normalized spacial score (nSPS) is 16.3. The number of aromatic nitrogens is 2. The highest BCUT2D eigenvalue weighted by Crippen LogP contribution is 2.34. The average molecular weight is 440 g/mol. The minimum absolute atomic E-state index is 0.104. The lowest BCUT2D eigenvalue weighted by molar-refractivity contribution is 0.0787. The van der Waals surface area contributed by atoms with E-state index >= 15 is 0 Å². The van der Waals surface area contributed by atoms with E-state index in [0.29, 0.717) is 6.04 Å². The number of likely N-dealkylation sites (tertiary alicyclic amines) is 1. The van der Waals surface area contributed by atoms with Gasteiger partial charge in [0.05, 0.1) is 17.4 Å². The molecule has 0 aliphatic carbocycles. The van der Waals surface area contributed by atoms with E-state index in [4.69, 9.17) is 4.74 Å². The Morgan fingerprint density at radius 1 is 1.35 bits per heavy atom. The minimum atomic E-state index is 0.104. The number of methoxy groups -OCH3 is 1. The summed E-state index contributed by atoms with van der Waals surface area (Å²) in [4.78, 5) is 27.9. The number of anilines is 1. The third kappa shape index (κ3) is 4.50. The molecule has 0 bridgehead atoms. The molecule has 1 aliphatic heterocycles. The Morgan fingerprint density at radius 2 is 2.19 bits per heavy atom. The van der Waals surface area contributed by atoms with E-state index in [9.17, 15) is 4.79 Å². The van der Waals surface area contributed by atoms with Gasteiger partial charge in [-0.25, -0.2) is 9.97 Å². The van der Waals surface area contributed by atoms with Crippen LogP contribution in [0, 0.1) is 6.92 Å². The Balaban J connectivity index is 1.50. The summed E-state index contributed by atoms with van der Waals surface area (Å²) in [7, 11) is 5.82. The molecular formula is C23H29N5O2S. The van der Waals surface area contributed by atoms with Crippen molar-refractivity contribution in [3.05, 3.63) is 46.6 Å². The number of ether oxygens (including phenoxy) is 1. The number of amides is 1. The van der Waals surface area contributed by atoms with Crippen molar-refractivity contribution in [1.82, 2.24) is 19.8 Å². The zero-order valence-corrected chi connectivity index (χ0v) is 19.3. The summed E-state index contributed by atoms with van der Waals surface area (Å²) in [6, 6.07) is 8.49. The van der Waals surface area contributed by atoms with E-state index in [1.807, 2.05) is 30.0 Å². The van der Waals surface area contributed by atoms with Gasteiger partial charge >= 0.3 is 0 Å². The van der Waals surface area contributed by atoms with Gasteiger partial charge < -0.3 is 19.9 Å². The van der Waals surface area contributed by atoms with Crippen LogP contribution in [0.5, 0.6) is 5.75 Å². The molecule has 3 heterocycles. The van der Waals surface area contributed by atoms with Gasteiger partial charge in [-0.15, -0.1) is 11.3 Å². The third-order valence-electron chi connectivity index (χ3n) is 5.94. The predicted octanol–water partition coefficient (Wildman–Crippen LogP) is 3.44. The summed E-state index contributed by atoms with van der Waals surface area (Å²) < 4.78 is 5.30. The fourth-order valence-corrected chi connectivity index (χ4v) is 5.17. The summed E-state index contributed by atoms with van der Waals surface area (Å²) in [5.41, 5.74) is 2.15. The molecule has 7 nitrogen and oxygen atoms in total. The van der Waals surface area contributed by atoms with Crippen LogP contribution >= 0.6 is 11.3 Å². The second-order valence-corrected chi connectivity index (χ2v) is 9.14. The average Bonchev–Trinajstić information content (AvgIpc) is 3.39. The number of carbonyl (C=O) groups is 1. The van der Waals surface area contributed by atoms with Crippen molar-refractivity contribution >= 4 is 33.3 Å². The number of fused-ring (bicyclic) bond motifs is 1. The zero-order chi connectivity index (χ0) is 22.0. The number of hydrogen-bond acceptors (Lipinski definition) is 7. The van der Waals surface area contributed by atoms with E-state index in [2.05, 4.69) is 40.3 Å². The molecule has 0 spiro atoms. The molecule has 1 amide bonds. The molecule has 8 heteroatoms. The first-order valence-electron chi connectivity index (χ1n) is 10.5. The van der Waals surface area contributed by atoms with E-state index in [0.717, 1.165) is 64.7 Å². The number of rotatable bonds is 7. The number of thiophene rings is 1. The van der Waals surface area contributed by atoms with Crippen LogP contribution in [0.25, 0.3) is 10.2 Å². The molecule has 3 aromatic rings. The molecule has 2 aromatic heterocycles. The quantitative estimate of drug-likeness (QED) is 0.608. The fraction of sp³-hybridized carbons (Fsp3) is 0.435. The summed E-state index contributed by atoms with van der Waals surface area (Å²) in [5, 5.41) is 4.39. The Kier molecular flexibility index (Phi) is 6.38. The highest BCUT2D eigenvalue weighted by atomic mass is 32.1. The van der Waals surface area contributed by atoms with Crippen LogP contribution in [0.3, 0.4) is 0 Å². The number of likely N-dealkylation sites (N-methyl/N-ethyl adjacent to an activating group) is 1. The molecular weight excluding hydrogens is 410 g/mol. The summed E-state index contributed by atoms with van der Waals surface area (Å²) in [6.07, 6.45) is 3.43. The summed E-state index contributed by atoms with van der Waals surface area (Å²) >= 11 is 1.46. The van der Waals surface area contributed by atoms with Crippen molar-refractivity contribution in [2.45, 2.75) is 25.8 Å². The molecule has 1 unspecified atom stereocenters. The van der Waals surface area contributed by atoms with Crippen LogP contribution in [0.1, 0.15) is 27.2 Å². The summed E-state index contributed by atoms with van der Waals surface area (Å²) in [5.74, 6) is 1.75. The number of aryl methyl sites for hydroxylation is 1. The van der Waals surface area contributed by atoms with E-state index in [1.165, 1.54) is 16.9 Å². The van der Waals surface area contributed by atoms with Gasteiger partial charge in [-0.1, -0.05) is 12.1 Å². The van der Waals surface area contributed by atoms with Gasteiger partial charge in [-0.05, 0) is 57.1 Å². The smallest absolute Gasteiger partial charge is 0.264 e. The van der Waals surface area contributed by atoms with Crippen molar-refractivity contribution in [1.29, 1.82) is 0 Å². The van der Waals surface area contributed by atoms with Crippen LogP contribution in [0.15, 0.2) is 30.6 Å². The molecule has 164 valence electrons. The van der Waals surface area contributed by atoms with Crippen LogP contribution in [-0.4, -0.2) is 72.6 Å². The van der Waals surface area contributed by atoms with Crippen LogP contribution in [0.2, 0.25) is 0 Å². The highest BCUT2D eigenvalue weighted by molar-refractivity contribution is 7.20. The number of carbonyl (C=O) groups excluding carboxylic acids is 1. The molecule has 0 radical (unpaired) electrons. The Labute approximate surface area is 187 Å². The number of nitrogens with one attached hydrogen (secondary N) is 1. The van der Waals surface area contributed by atoms with Crippen molar-refractivity contribution in [2.75, 3.05) is 46.2 Å². The van der Waals surface area contributed by atoms with Gasteiger partial charge in [0.1, 0.15) is 22.7 Å². The predicted molar refractivity (Wildman–Crippen MR) is 125 cm³/mol. The minimum Gasteiger partial charge on any atom is -0.497 e. The Hall–Kier alpha value is -2.71. The van der Waals surface area contributed by atoms with Gasteiger partial charge in [-0.3, -0.25) is 4.79 Å². The highest BCUT2D eigenvalue weighted by Gasteiger charge is 2.30. The van der Waals surface area contributed by atoms with E-state index < -0.39 is 0 Å². The maximum atomic E-state index is 13.2. The van der Waals surface area contributed by atoms with Gasteiger partial charge in [-0.2, -0.15) is 0 Å². The molecule has 1 fully saturated rings. The monoisotopic (exact) mass is 439 g/mol. The van der Waals surface area contributed by atoms with Crippen LogP contribution < -0.4 is 10.1 Å². The lowest BCUT2D eigenvalue weighted by Gasteiger charge is -2.20. The largest absolute Gasteiger partial charge is 0.497 e. The number of nitrogens with zero attached hydrogens (tertiary/aromatic N) is 4. The first-order chi connectivity index (χ1) is 15.0. The lowest BCUT2D eigenvalue weighted by atomic mass is 10.1. The van der Waals surface area contributed by atoms with Crippen LogP contribution in [-0.2, 0) is 6.42 Å². The topological polar surface area (TPSA) is 70.6 Å². The van der Waals surface area contributed by atoms with Crippen molar-refractivity contribution < 1.29 is 9.53 Å². The van der Waals surface area contributed by atoms with E-state index in [1.54, 1.807) is 13.4 Å². The molecule has 1 aromatic carbocycles. The van der Waals surface area contributed by atoms with Crippen molar-refractivity contribution in [3.8, 4) is 5.75 Å². The third-order valence-corrected chi connectivity index (χ3v) is 7.13. The Morgan fingerprint density at radius 3 is 2.94 bits per heavy atom. The van der Waals surface area contributed by atoms with Crippen molar-refractivity contribution in [2.24, 2.45) is 0 Å². The molecule has 1 aliphatic rings. The molecule has 1 atom stereocenters. The second-order valence-electron chi connectivity index (χ2n) is 8.14. The molecule has 4 rings (SSSR count). The Bertz CT molecular complexity index is 1080. The molecule has 1 N–H and O–H groups in total. The van der Waals surface area contributed by atoms with Gasteiger partial charge in [0, 0.05) is 25.7 Å². The standard InChI is InChI=1S/C23H29N5O2S/c1-15-19-21(24-10-8-16-6-5-7-18(12-16)30-4)25-14-26-22(19)31-20(15)23(29)28-11-9-17(13-28)27(2)3/h5-7,12,14,17H,8-11,13H2,1-4H3,(H,24,25,26).